The lowest BCUT2D eigenvalue weighted by atomic mass is 10.2. The minimum atomic E-state index is -0.780. The Labute approximate surface area is 215 Å². The summed E-state index contributed by atoms with van der Waals surface area (Å²) >= 11 is 1.06. The van der Waals surface area contributed by atoms with Crippen LogP contribution >= 0.6 is 11.8 Å². The predicted octanol–water partition coefficient (Wildman–Crippen LogP) is 3.61. The van der Waals surface area contributed by atoms with Crippen LogP contribution < -0.4 is 19.9 Å². The average Bonchev–Trinajstić information content (AvgIpc) is 3.47. The number of anilines is 1. The number of carbonyl (C=O) groups is 2. The highest BCUT2D eigenvalue weighted by molar-refractivity contribution is 8.14. The third-order valence-corrected chi connectivity index (χ3v) is 6.44. The summed E-state index contributed by atoms with van der Waals surface area (Å²) in [6.45, 7) is 0. The zero-order valence-electron chi connectivity index (χ0n) is 19.7. The lowest BCUT2D eigenvalue weighted by Gasteiger charge is -2.17. The molecule has 0 atom stereocenters. The van der Waals surface area contributed by atoms with E-state index in [4.69, 9.17) is 9.26 Å². The van der Waals surface area contributed by atoms with Crippen molar-refractivity contribution in [2.45, 2.75) is 0 Å². The van der Waals surface area contributed by atoms with Crippen molar-refractivity contribution in [3.63, 3.8) is 0 Å². The van der Waals surface area contributed by atoms with Crippen LogP contribution in [0.3, 0.4) is 0 Å². The summed E-state index contributed by atoms with van der Waals surface area (Å²) in [5, 5.41) is 2.79. The summed E-state index contributed by atoms with van der Waals surface area (Å²) in [6.07, 6.45) is 1.67. The first-order valence-electron chi connectivity index (χ1n) is 11.2. The standard InChI is InChI=1S/C27H20N4O5S/c1-35-21-14-8-9-18(15-21)16-22-25(33)30(19-10-4-2-5-11-19)27(28-22)37-17-23(32)24-26(34)36-29-31(24)20-12-6-3-7-13-20/h2-16H,17H2,1H3/p+1/b22-16+. The maximum atomic E-state index is 13.4. The highest BCUT2D eigenvalue weighted by Gasteiger charge is 2.35. The molecule has 9 nitrogen and oxygen atoms in total. The van der Waals surface area contributed by atoms with Gasteiger partial charge in [0, 0.05) is 12.1 Å². The van der Waals surface area contributed by atoms with Crippen LogP contribution in [0, 0.1) is 0 Å². The van der Waals surface area contributed by atoms with Gasteiger partial charge in [-0.15, -0.1) is 0 Å². The first kappa shape index (κ1) is 24.0. The number of carbonyl (C=O) groups excluding carboxylic acids is 2. The molecule has 1 amide bonds. The van der Waals surface area contributed by atoms with Gasteiger partial charge in [-0.1, -0.05) is 60.3 Å². The summed E-state index contributed by atoms with van der Waals surface area (Å²) < 4.78 is 11.5. The Morgan fingerprint density at radius 2 is 1.78 bits per heavy atom. The first-order valence-corrected chi connectivity index (χ1v) is 12.2. The van der Waals surface area contributed by atoms with Crippen molar-refractivity contribution >= 4 is 40.4 Å². The Balaban J connectivity index is 1.45. The molecule has 1 N–H and O–H groups in total. The van der Waals surface area contributed by atoms with Gasteiger partial charge in [0.1, 0.15) is 11.4 Å². The minimum absolute atomic E-state index is 0.142. The van der Waals surface area contributed by atoms with E-state index in [9.17, 15) is 14.4 Å². The maximum absolute atomic E-state index is 13.4. The van der Waals surface area contributed by atoms with E-state index in [0.29, 0.717) is 22.3 Å². The largest absolute Gasteiger partial charge is 0.497 e. The number of amidine groups is 1. The number of benzene rings is 3. The van der Waals surface area contributed by atoms with Crippen LogP contribution in [0.25, 0.3) is 11.8 Å². The number of hydrogen-bond donors (Lipinski definition) is 1. The van der Waals surface area contributed by atoms with Crippen LogP contribution in [0.4, 0.5) is 5.69 Å². The second kappa shape index (κ2) is 10.5. The zero-order chi connectivity index (χ0) is 25.8. The minimum Gasteiger partial charge on any atom is -0.497 e. The summed E-state index contributed by atoms with van der Waals surface area (Å²) in [5.41, 5.74) is 1.22. The molecule has 0 fully saturated rings. The average molecular weight is 514 g/mol. The molecule has 0 saturated carbocycles. The van der Waals surface area contributed by atoms with Gasteiger partial charge in [0.2, 0.25) is 11.5 Å². The van der Waals surface area contributed by atoms with E-state index in [1.807, 2.05) is 42.5 Å². The van der Waals surface area contributed by atoms with Crippen LogP contribution in [0.5, 0.6) is 5.75 Å². The number of aliphatic imine (C=N–C) groups is 1. The number of Topliss-reactive ketones (excluding diaryl/α,β-unsaturated/α-hetero) is 1. The number of hydrogen-bond acceptors (Lipinski definition) is 7. The highest BCUT2D eigenvalue weighted by Crippen LogP contribution is 2.30. The molecule has 2 heterocycles. The first-order chi connectivity index (χ1) is 18.0. The van der Waals surface area contributed by atoms with E-state index in [2.05, 4.69) is 10.3 Å². The number of rotatable bonds is 7. The molecule has 0 unspecified atom stereocenters. The second-order valence-corrected chi connectivity index (χ2v) is 8.83. The van der Waals surface area contributed by atoms with E-state index < -0.39 is 11.4 Å². The van der Waals surface area contributed by atoms with E-state index in [1.165, 1.54) is 9.58 Å². The molecule has 1 aromatic heterocycles. The fraction of sp³-hybridized carbons (Fsp3) is 0.0741. The van der Waals surface area contributed by atoms with Gasteiger partial charge in [-0.2, -0.15) is 0 Å². The van der Waals surface area contributed by atoms with Crippen molar-refractivity contribution in [1.82, 2.24) is 5.27 Å². The lowest BCUT2D eigenvalue weighted by molar-refractivity contribution is -0.672. The van der Waals surface area contributed by atoms with Crippen LogP contribution in [0.15, 0.2) is 105 Å². The maximum Gasteiger partial charge on any atom is 0.438 e. The molecular weight excluding hydrogens is 492 g/mol. The number of methoxy groups -OCH3 is 1. The predicted molar refractivity (Wildman–Crippen MR) is 140 cm³/mol. The molecule has 0 spiro atoms. The Bertz CT molecular complexity index is 1580. The summed E-state index contributed by atoms with van der Waals surface area (Å²) in [7, 11) is 1.57. The van der Waals surface area contributed by atoms with Crippen molar-refractivity contribution in [1.29, 1.82) is 0 Å². The van der Waals surface area contributed by atoms with E-state index in [0.717, 1.165) is 17.3 Å². The SMILES string of the molecule is COc1cccc(/C=C2/N=C(SCC(=O)c3c(=O)o[nH][n+]3-c3ccccc3)N(c3ccccc3)C2=O)c1. The van der Waals surface area contributed by atoms with Crippen LogP contribution in [-0.2, 0) is 4.79 Å². The molecule has 37 heavy (non-hydrogen) atoms. The number of nitrogens with zero attached hydrogens (tertiary/aromatic N) is 3. The Morgan fingerprint density at radius 1 is 1.05 bits per heavy atom. The van der Waals surface area contributed by atoms with Crippen molar-refractivity contribution < 1.29 is 23.5 Å². The smallest absolute Gasteiger partial charge is 0.438 e. The summed E-state index contributed by atoms with van der Waals surface area (Å²) in [5.74, 6) is -0.292. The second-order valence-electron chi connectivity index (χ2n) is 7.89. The number of nitrogens with one attached hydrogen (secondary N) is 1. The lowest BCUT2D eigenvalue weighted by Crippen LogP contribution is -2.41. The van der Waals surface area contributed by atoms with Gasteiger partial charge in [-0.25, -0.2) is 9.79 Å². The van der Waals surface area contributed by atoms with Gasteiger partial charge in [-0.05, 0) is 45.9 Å². The molecule has 184 valence electrons. The number of H-pyrrole nitrogens is 1. The Kier molecular flexibility index (Phi) is 6.82. The molecular formula is C27H21N4O5S+. The number of thioether (sulfide) groups is 1. The van der Waals surface area contributed by atoms with E-state index in [1.54, 1.807) is 55.7 Å². The molecule has 1 aliphatic heterocycles. The van der Waals surface area contributed by atoms with Crippen LogP contribution in [0.2, 0.25) is 0 Å². The molecule has 1 aliphatic rings. The molecule has 3 aromatic carbocycles. The number of aromatic amines is 1. The number of amides is 1. The molecule has 4 aromatic rings. The Morgan fingerprint density at radius 3 is 2.51 bits per heavy atom. The molecule has 0 radical (unpaired) electrons. The number of ether oxygens (including phenoxy) is 1. The normalized spacial score (nSPS) is 14.2. The topological polar surface area (TPSA) is 109 Å². The van der Waals surface area contributed by atoms with Gasteiger partial charge >= 0.3 is 11.3 Å². The number of aromatic nitrogens is 2. The van der Waals surface area contributed by atoms with Crippen molar-refractivity contribution in [2.75, 3.05) is 17.8 Å². The zero-order valence-corrected chi connectivity index (χ0v) is 20.5. The molecule has 5 rings (SSSR count). The van der Waals surface area contributed by atoms with Crippen molar-refractivity contribution in [3.05, 3.63) is 112 Å². The molecule has 10 heteroatoms. The van der Waals surface area contributed by atoms with Crippen LogP contribution in [-0.4, -0.2) is 35.0 Å². The van der Waals surface area contributed by atoms with E-state index >= 15 is 0 Å². The molecule has 0 aliphatic carbocycles. The fourth-order valence-electron chi connectivity index (χ4n) is 3.76. The molecule has 0 saturated heterocycles. The Hall–Kier alpha value is -4.70. The summed E-state index contributed by atoms with van der Waals surface area (Å²) in [4.78, 5) is 44.8. The van der Waals surface area contributed by atoms with Gasteiger partial charge in [-0.3, -0.25) is 19.0 Å². The molecule has 0 bridgehead atoms. The van der Waals surface area contributed by atoms with Crippen molar-refractivity contribution in [3.8, 4) is 11.4 Å². The number of para-hydroxylation sites is 2. The fourth-order valence-corrected chi connectivity index (χ4v) is 4.63. The summed E-state index contributed by atoms with van der Waals surface area (Å²) in [6, 6.07) is 25.2. The monoisotopic (exact) mass is 513 g/mol. The number of ketones is 1. The van der Waals surface area contributed by atoms with Crippen molar-refractivity contribution in [2.24, 2.45) is 4.99 Å². The third kappa shape index (κ3) is 5.00. The van der Waals surface area contributed by atoms with E-state index in [-0.39, 0.29) is 23.1 Å². The van der Waals surface area contributed by atoms with Crippen LogP contribution in [0.1, 0.15) is 16.1 Å². The quantitative estimate of drug-likeness (QED) is 0.230. The highest BCUT2D eigenvalue weighted by atomic mass is 32.2. The van der Waals surface area contributed by atoms with Gasteiger partial charge in [0.05, 0.1) is 18.6 Å². The third-order valence-electron chi connectivity index (χ3n) is 5.50. The van der Waals surface area contributed by atoms with Gasteiger partial charge in [0.25, 0.3) is 5.91 Å². The van der Waals surface area contributed by atoms with Gasteiger partial charge in [0.15, 0.2) is 5.17 Å². The van der Waals surface area contributed by atoms with Gasteiger partial charge < -0.3 is 4.74 Å².